The molecule has 1 atom stereocenters. The lowest BCUT2D eigenvalue weighted by molar-refractivity contribution is -0.138. The predicted octanol–water partition coefficient (Wildman–Crippen LogP) is 3.27. The van der Waals surface area contributed by atoms with Crippen molar-refractivity contribution in [1.82, 2.24) is 9.88 Å². The van der Waals surface area contributed by atoms with Gasteiger partial charge in [-0.05, 0) is 51.0 Å². The van der Waals surface area contributed by atoms with E-state index in [1.165, 1.54) is 28.4 Å². The van der Waals surface area contributed by atoms with E-state index in [4.69, 9.17) is 10.1 Å². The molecule has 1 N–H and O–H groups in total. The average Bonchev–Trinajstić information content (AvgIpc) is 3.03. The third kappa shape index (κ3) is 3.14. The van der Waals surface area contributed by atoms with Gasteiger partial charge in [-0.2, -0.15) is 0 Å². The lowest BCUT2D eigenvalue weighted by atomic mass is 9.94. The molecule has 0 spiro atoms. The molecule has 1 heterocycles. The Morgan fingerprint density at radius 1 is 1.52 bits per heavy atom. The van der Waals surface area contributed by atoms with Crippen LogP contribution in [0, 0.1) is 5.41 Å². The number of carboxylic acids is 1. The molecule has 5 heteroatoms. The smallest absolute Gasteiger partial charge is 0.303 e. The van der Waals surface area contributed by atoms with E-state index in [-0.39, 0.29) is 5.41 Å². The van der Waals surface area contributed by atoms with E-state index in [1.54, 1.807) is 0 Å². The van der Waals surface area contributed by atoms with Crippen LogP contribution in [-0.4, -0.2) is 34.6 Å². The van der Waals surface area contributed by atoms with Gasteiger partial charge in [-0.3, -0.25) is 9.69 Å². The quantitative estimate of drug-likeness (QED) is 0.876. The molecule has 21 heavy (non-hydrogen) atoms. The van der Waals surface area contributed by atoms with E-state index >= 15 is 0 Å². The highest BCUT2D eigenvalue weighted by Crippen LogP contribution is 2.51. The van der Waals surface area contributed by atoms with E-state index in [2.05, 4.69) is 18.9 Å². The summed E-state index contributed by atoms with van der Waals surface area (Å²) < 4.78 is 0. The predicted molar refractivity (Wildman–Crippen MR) is 83.7 cm³/mol. The highest BCUT2D eigenvalue weighted by molar-refractivity contribution is 7.11. The lowest BCUT2D eigenvalue weighted by Gasteiger charge is -2.33. The molecule has 0 saturated heterocycles. The number of nitrogens with zero attached hydrogens (tertiary/aromatic N) is 2. The van der Waals surface area contributed by atoms with Crippen LogP contribution in [0.5, 0.6) is 0 Å². The Morgan fingerprint density at radius 2 is 2.29 bits per heavy atom. The molecule has 3 rings (SSSR count). The maximum absolute atomic E-state index is 11.0. The largest absolute Gasteiger partial charge is 0.481 e. The van der Waals surface area contributed by atoms with E-state index in [0.717, 1.165) is 32.2 Å². The zero-order chi connectivity index (χ0) is 15.0. The van der Waals surface area contributed by atoms with Gasteiger partial charge in [0.2, 0.25) is 0 Å². The molecule has 0 bridgehead atoms. The van der Waals surface area contributed by atoms with Crippen LogP contribution < -0.4 is 0 Å². The number of aliphatic carboxylic acids is 1. The van der Waals surface area contributed by atoms with Crippen LogP contribution in [0.4, 0.5) is 0 Å². The molecule has 2 aliphatic carbocycles. The topological polar surface area (TPSA) is 53.4 Å². The van der Waals surface area contributed by atoms with Crippen molar-refractivity contribution in [1.29, 1.82) is 0 Å². The number of rotatable bonds is 6. The summed E-state index contributed by atoms with van der Waals surface area (Å²) in [6.07, 6.45) is 6.93. The number of aromatic nitrogens is 1. The summed E-state index contributed by atoms with van der Waals surface area (Å²) in [5.41, 5.74) is 1.33. The zero-order valence-corrected chi connectivity index (χ0v) is 13.7. The first kappa shape index (κ1) is 15.0. The molecule has 2 aliphatic rings. The second-order valence-corrected chi connectivity index (χ2v) is 7.78. The Balaban J connectivity index is 1.73. The molecule has 1 aromatic rings. The fraction of sp³-hybridized carbons (Fsp3) is 0.750. The van der Waals surface area contributed by atoms with Gasteiger partial charge >= 0.3 is 5.97 Å². The molecule has 116 valence electrons. The minimum Gasteiger partial charge on any atom is -0.481 e. The average molecular weight is 308 g/mol. The van der Waals surface area contributed by atoms with Gasteiger partial charge in [0, 0.05) is 17.5 Å². The maximum atomic E-state index is 11.0. The fourth-order valence-electron chi connectivity index (χ4n) is 3.55. The summed E-state index contributed by atoms with van der Waals surface area (Å²) in [4.78, 5) is 19.6. The van der Waals surface area contributed by atoms with Gasteiger partial charge in [-0.15, -0.1) is 11.3 Å². The van der Waals surface area contributed by atoms with E-state index in [9.17, 15) is 4.79 Å². The van der Waals surface area contributed by atoms with Gasteiger partial charge in [0.05, 0.1) is 17.1 Å². The number of thiazole rings is 1. The Morgan fingerprint density at radius 3 is 2.90 bits per heavy atom. The summed E-state index contributed by atoms with van der Waals surface area (Å²) >= 11 is 1.86. The van der Waals surface area contributed by atoms with Crippen molar-refractivity contribution >= 4 is 17.3 Å². The minimum absolute atomic E-state index is 0.0382. The monoisotopic (exact) mass is 308 g/mol. The minimum atomic E-state index is -0.656. The molecular weight excluding hydrogens is 284 g/mol. The van der Waals surface area contributed by atoms with Crippen molar-refractivity contribution < 1.29 is 9.90 Å². The second-order valence-electron chi connectivity index (χ2n) is 6.67. The van der Waals surface area contributed by atoms with Crippen molar-refractivity contribution in [2.75, 3.05) is 13.6 Å². The SMILES string of the molecule is CCc1nc2c(s1)C(N(C)CC1(CC(=O)O)CC1)CCC2. The molecule has 1 fully saturated rings. The number of hydrogen-bond acceptors (Lipinski definition) is 4. The molecule has 4 nitrogen and oxygen atoms in total. The molecule has 1 saturated carbocycles. The number of fused-ring (bicyclic) bond motifs is 1. The van der Waals surface area contributed by atoms with Crippen LogP contribution in [0.2, 0.25) is 0 Å². The Hall–Kier alpha value is -0.940. The number of aryl methyl sites for hydroxylation is 2. The van der Waals surface area contributed by atoms with Crippen molar-refractivity contribution in [2.45, 2.75) is 57.9 Å². The summed E-state index contributed by atoms with van der Waals surface area (Å²) in [7, 11) is 2.16. The van der Waals surface area contributed by atoms with Gasteiger partial charge in [0.15, 0.2) is 0 Å². The van der Waals surface area contributed by atoms with E-state index in [0.29, 0.717) is 12.5 Å². The molecule has 1 unspecified atom stereocenters. The van der Waals surface area contributed by atoms with Crippen LogP contribution in [0.15, 0.2) is 0 Å². The molecule has 1 aromatic heterocycles. The van der Waals surface area contributed by atoms with Crippen molar-refractivity contribution in [3.63, 3.8) is 0 Å². The summed E-state index contributed by atoms with van der Waals surface area (Å²) in [6, 6.07) is 0.442. The zero-order valence-electron chi connectivity index (χ0n) is 12.9. The maximum Gasteiger partial charge on any atom is 0.303 e. The highest BCUT2D eigenvalue weighted by Gasteiger charge is 2.46. The summed E-state index contributed by atoms with van der Waals surface area (Å²) in [5.74, 6) is -0.656. The lowest BCUT2D eigenvalue weighted by Crippen LogP contribution is -2.33. The molecular formula is C16H24N2O2S. The van der Waals surface area contributed by atoms with Crippen LogP contribution in [0.25, 0.3) is 0 Å². The van der Waals surface area contributed by atoms with Gasteiger partial charge in [-0.25, -0.2) is 4.98 Å². The highest BCUT2D eigenvalue weighted by atomic mass is 32.1. The summed E-state index contributed by atoms with van der Waals surface area (Å²) in [6.45, 7) is 3.07. The normalized spacial score (nSPS) is 23.1. The van der Waals surface area contributed by atoms with Gasteiger partial charge in [0.25, 0.3) is 0 Å². The molecule has 0 aromatic carbocycles. The van der Waals surface area contributed by atoms with Crippen molar-refractivity contribution in [3.8, 4) is 0 Å². The number of carboxylic acid groups (broad SMARTS) is 1. The second kappa shape index (κ2) is 5.69. The number of carbonyl (C=O) groups is 1. The third-order valence-electron chi connectivity index (χ3n) is 4.87. The molecule has 0 radical (unpaired) electrons. The van der Waals surface area contributed by atoms with Crippen LogP contribution in [0.1, 0.15) is 60.6 Å². The Labute approximate surface area is 130 Å². The van der Waals surface area contributed by atoms with Gasteiger partial charge < -0.3 is 5.11 Å². The first-order valence-corrected chi connectivity index (χ1v) is 8.75. The van der Waals surface area contributed by atoms with Crippen molar-refractivity contribution in [3.05, 3.63) is 15.6 Å². The Kier molecular flexibility index (Phi) is 4.06. The molecule has 0 aliphatic heterocycles. The van der Waals surface area contributed by atoms with Crippen LogP contribution in [0.3, 0.4) is 0 Å². The van der Waals surface area contributed by atoms with Gasteiger partial charge in [-0.1, -0.05) is 6.92 Å². The molecule has 0 amide bonds. The van der Waals surface area contributed by atoms with Gasteiger partial charge in [0.1, 0.15) is 0 Å². The van der Waals surface area contributed by atoms with Crippen LogP contribution >= 0.6 is 11.3 Å². The first-order chi connectivity index (χ1) is 10.0. The van der Waals surface area contributed by atoms with Crippen molar-refractivity contribution in [2.24, 2.45) is 5.41 Å². The van der Waals surface area contributed by atoms with Crippen LogP contribution in [-0.2, 0) is 17.6 Å². The first-order valence-electron chi connectivity index (χ1n) is 7.93. The number of hydrogen-bond donors (Lipinski definition) is 1. The Bertz CT molecular complexity index is 536. The summed E-state index contributed by atoms with van der Waals surface area (Å²) in [5, 5.41) is 10.3. The van der Waals surface area contributed by atoms with E-state index < -0.39 is 5.97 Å². The third-order valence-corrected chi connectivity index (χ3v) is 6.21. The standard InChI is InChI=1S/C16H24N2O2S/c1-3-13-17-11-5-4-6-12(15(11)21-13)18(2)10-16(7-8-16)9-14(19)20/h12H,3-10H2,1-2H3,(H,19,20). The van der Waals surface area contributed by atoms with E-state index in [1.807, 2.05) is 11.3 Å². The fourth-order valence-corrected chi connectivity index (χ4v) is 4.80.